The smallest absolute Gasteiger partial charge is 0.329 e. The Morgan fingerprint density at radius 1 is 1.25 bits per heavy atom. The third-order valence-electron chi connectivity index (χ3n) is 4.78. The number of ether oxygens (including phenoxy) is 2. The molecule has 1 aliphatic heterocycles. The minimum Gasteiger partial charge on any atom is -0.493 e. The van der Waals surface area contributed by atoms with E-state index in [4.69, 9.17) is 21.1 Å². The van der Waals surface area contributed by atoms with Crippen molar-refractivity contribution < 1.29 is 23.9 Å². The van der Waals surface area contributed by atoms with Gasteiger partial charge in [0.15, 0.2) is 11.5 Å². The van der Waals surface area contributed by atoms with Crippen LogP contribution in [0.3, 0.4) is 0 Å². The van der Waals surface area contributed by atoms with Crippen molar-refractivity contribution in [3.63, 3.8) is 0 Å². The monoisotopic (exact) mass is 457 g/mol. The van der Waals surface area contributed by atoms with Gasteiger partial charge in [0.05, 0.1) is 18.2 Å². The van der Waals surface area contributed by atoms with Gasteiger partial charge in [-0.3, -0.25) is 9.59 Å². The van der Waals surface area contributed by atoms with Gasteiger partial charge in [0.1, 0.15) is 12.2 Å². The van der Waals surface area contributed by atoms with Crippen LogP contribution in [0.25, 0.3) is 6.08 Å². The first-order valence-corrected chi connectivity index (χ1v) is 10.4. The fourth-order valence-corrected chi connectivity index (χ4v) is 3.23. The molecule has 0 radical (unpaired) electrons. The van der Waals surface area contributed by atoms with Gasteiger partial charge in [0.25, 0.3) is 5.91 Å². The largest absolute Gasteiger partial charge is 0.493 e. The van der Waals surface area contributed by atoms with E-state index in [9.17, 15) is 14.4 Å². The number of halogens is 1. The quantitative estimate of drug-likeness (QED) is 0.460. The summed E-state index contributed by atoms with van der Waals surface area (Å²) in [4.78, 5) is 38.1. The Kier molecular flexibility index (Phi) is 7.37. The molecule has 9 heteroatoms. The number of nitrogens with one attached hydrogen (secondary N) is 2. The van der Waals surface area contributed by atoms with Crippen LogP contribution >= 0.6 is 11.6 Å². The van der Waals surface area contributed by atoms with Crippen LogP contribution in [0.1, 0.15) is 25.8 Å². The Bertz CT molecular complexity index is 1060. The Labute approximate surface area is 191 Å². The number of urea groups is 1. The number of rotatable bonds is 8. The first kappa shape index (κ1) is 23.1. The van der Waals surface area contributed by atoms with E-state index in [1.54, 1.807) is 36.4 Å². The van der Waals surface area contributed by atoms with Gasteiger partial charge >= 0.3 is 6.03 Å². The molecular formula is C23H24ClN3O5. The zero-order valence-corrected chi connectivity index (χ0v) is 18.7. The van der Waals surface area contributed by atoms with Crippen LogP contribution in [0.5, 0.6) is 11.5 Å². The minimum atomic E-state index is -0.681. The molecule has 1 fully saturated rings. The van der Waals surface area contributed by atoms with Gasteiger partial charge < -0.3 is 20.1 Å². The van der Waals surface area contributed by atoms with E-state index in [0.29, 0.717) is 27.8 Å². The van der Waals surface area contributed by atoms with Crippen molar-refractivity contribution >= 4 is 41.2 Å². The maximum atomic E-state index is 12.7. The van der Waals surface area contributed by atoms with E-state index >= 15 is 0 Å². The maximum Gasteiger partial charge on any atom is 0.329 e. The highest BCUT2D eigenvalue weighted by molar-refractivity contribution is 6.32. The third kappa shape index (κ3) is 5.39. The number of imide groups is 1. The normalized spacial score (nSPS) is 15.5. The van der Waals surface area contributed by atoms with Crippen molar-refractivity contribution in [1.82, 2.24) is 10.2 Å². The predicted molar refractivity (Wildman–Crippen MR) is 122 cm³/mol. The van der Waals surface area contributed by atoms with Crippen molar-refractivity contribution in [2.45, 2.75) is 26.4 Å². The Morgan fingerprint density at radius 3 is 2.62 bits per heavy atom. The van der Waals surface area contributed by atoms with Gasteiger partial charge in [0, 0.05) is 5.69 Å². The summed E-state index contributed by atoms with van der Waals surface area (Å²) in [6, 6.07) is 11.3. The molecule has 8 nitrogen and oxygen atoms in total. The molecule has 1 atom stereocenters. The highest BCUT2D eigenvalue weighted by Gasteiger charge is 2.35. The van der Waals surface area contributed by atoms with Crippen LogP contribution in [0, 0.1) is 0 Å². The average Bonchev–Trinajstić information content (AvgIpc) is 3.03. The Balaban J connectivity index is 1.76. The molecular weight excluding hydrogens is 434 g/mol. The van der Waals surface area contributed by atoms with Crippen LogP contribution in [-0.4, -0.2) is 42.5 Å². The van der Waals surface area contributed by atoms with E-state index in [2.05, 4.69) is 10.6 Å². The first-order chi connectivity index (χ1) is 15.3. The van der Waals surface area contributed by atoms with Crippen molar-refractivity contribution in [2.24, 2.45) is 0 Å². The molecule has 32 heavy (non-hydrogen) atoms. The number of nitrogens with zero attached hydrogens (tertiary/aromatic N) is 1. The summed E-state index contributed by atoms with van der Waals surface area (Å²) in [6.45, 7) is 3.49. The lowest BCUT2D eigenvalue weighted by atomic mass is 10.1. The molecule has 1 saturated heterocycles. The number of hydrogen-bond donors (Lipinski definition) is 2. The molecule has 0 saturated carbocycles. The Hall–Kier alpha value is -3.52. The fraction of sp³-hybridized carbons (Fsp3) is 0.261. The molecule has 2 N–H and O–H groups in total. The van der Waals surface area contributed by atoms with Crippen molar-refractivity contribution in [3.8, 4) is 11.5 Å². The van der Waals surface area contributed by atoms with Gasteiger partial charge in [-0.1, -0.05) is 36.7 Å². The van der Waals surface area contributed by atoms with Crippen LogP contribution in [0.15, 0.2) is 48.2 Å². The number of carbonyl (C=O) groups is 3. The third-order valence-corrected chi connectivity index (χ3v) is 5.06. The van der Waals surface area contributed by atoms with Crippen molar-refractivity contribution in [3.05, 3.63) is 58.7 Å². The van der Waals surface area contributed by atoms with E-state index in [1.807, 2.05) is 19.9 Å². The van der Waals surface area contributed by atoms with Gasteiger partial charge in [-0.25, -0.2) is 9.69 Å². The number of methoxy groups -OCH3 is 1. The van der Waals surface area contributed by atoms with Gasteiger partial charge in [-0.2, -0.15) is 0 Å². The van der Waals surface area contributed by atoms with E-state index in [0.717, 1.165) is 11.3 Å². The highest BCUT2D eigenvalue weighted by atomic mass is 35.5. The standard InChI is InChI=1S/C23H24ClN3O5/c1-4-14(2)32-21-17(24)10-15(12-19(21)31-3)11-18-22(29)27(23(30)26-18)13-20(28)25-16-8-6-5-7-9-16/h5-12,14H,4,13H2,1-3H3,(H,25,28)(H,26,30)/b18-11-/t14-/m0/s1. The molecule has 4 amide bonds. The summed E-state index contributed by atoms with van der Waals surface area (Å²) >= 11 is 6.37. The SMILES string of the molecule is CC[C@H](C)Oc1c(Cl)cc(/C=C2\NC(=O)N(CC(=O)Nc3ccccc3)C2=O)cc1OC. The van der Waals surface area contributed by atoms with Crippen LogP contribution in [-0.2, 0) is 9.59 Å². The predicted octanol–water partition coefficient (Wildman–Crippen LogP) is 4.06. The molecule has 0 aliphatic carbocycles. The fourth-order valence-electron chi connectivity index (χ4n) is 2.97. The second-order valence-corrected chi connectivity index (χ2v) is 7.57. The minimum absolute atomic E-state index is 0.0243. The lowest BCUT2D eigenvalue weighted by Crippen LogP contribution is -2.38. The molecule has 0 unspecified atom stereocenters. The summed E-state index contributed by atoms with van der Waals surface area (Å²) in [6.07, 6.45) is 2.20. The zero-order valence-electron chi connectivity index (χ0n) is 18.0. The molecule has 0 aromatic heterocycles. The summed E-state index contributed by atoms with van der Waals surface area (Å²) in [7, 11) is 1.49. The van der Waals surface area contributed by atoms with Gasteiger partial charge in [-0.15, -0.1) is 0 Å². The van der Waals surface area contributed by atoms with Crippen molar-refractivity contribution in [1.29, 1.82) is 0 Å². The summed E-state index contributed by atoms with van der Waals surface area (Å²) < 4.78 is 11.2. The molecule has 168 valence electrons. The molecule has 0 spiro atoms. The molecule has 2 aromatic carbocycles. The number of carbonyl (C=O) groups excluding carboxylic acids is 3. The van der Waals surface area contributed by atoms with E-state index in [-0.39, 0.29) is 11.8 Å². The molecule has 1 aliphatic rings. The Morgan fingerprint density at radius 2 is 1.97 bits per heavy atom. The lowest BCUT2D eigenvalue weighted by molar-refractivity contribution is -0.127. The number of amides is 4. The number of benzene rings is 2. The average molecular weight is 458 g/mol. The van der Waals surface area contributed by atoms with E-state index < -0.39 is 24.4 Å². The highest BCUT2D eigenvalue weighted by Crippen LogP contribution is 2.38. The van der Waals surface area contributed by atoms with Gasteiger partial charge in [-0.05, 0) is 49.2 Å². The molecule has 1 heterocycles. The molecule has 2 aromatic rings. The van der Waals surface area contributed by atoms with E-state index in [1.165, 1.54) is 13.2 Å². The molecule has 3 rings (SSSR count). The van der Waals surface area contributed by atoms with Crippen LogP contribution in [0.4, 0.5) is 10.5 Å². The topological polar surface area (TPSA) is 97.0 Å². The van der Waals surface area contributed by atoms with Crippen molar-refractivity contribution in [2.75, 3.05) is 19.0 Å². The number of anilines is 1. The number of para-hydroxylation sites is 1. The van der Waals surface area contributed by atoms with Gasteiger partial charge in [0.2, 0.25) is 5.91 Å². The molecule has 0 bridgehead atoms. The van der Waals surface area contributed by atoms with Crippen LogP contribution in [0.2, 0.25) is 5.02 Å². The summed E-state index contributed by atoms with van der Waals surface area (Å²) in [5, 5.41) is 5.44. The van der Waals surface area contributed by atoms with Crippen LogP contribution < -0.4 is 20.1 Å². The maximum absolute atomic E-state index is 12.7. The lowest BCUT2D eigenvalue weighted by Gasteiger charge is -2.17. The second-order valence-electron chi connectivity index (χ2n) is 7.16. The summed E-state index contributed by atoms with van der Waals surface area (Å²) in [5.74, 6) is -0.294. The summed E-state index contributed by atoms with van der Waals surface area (Å²) in [5.41, 5.74) is 1.13. The number of hydrogen-bond acceptors (Lipinski definition) is 5. The zero-order chi connectivity index (χ0) is 23.3. The second kappa shape index (κ2) is 10.2. The first-order valence-electron chi connectivity index (χ1n) is 10.1.